The normalized spacial score (nSPS) is 12.5. The van der Waals surface area contributed by atoms with Gasteiger partial charge in [-0.2, -0.15) is 0 Å². The van der Waals surface area contributed by atoms with Crippen molar-refractivity contribution in [3.63, 3.8) is 0 Å². The molecule has 0 radical (unpaired) electrons. The van der Waals surface area contributed by atoms with Crippen molar-refractivity contribution < 1.29 is 13.9 Å². The van der Waals surface area contributed by atoms with E-state index < -0.39 is 0 Å². The monoisotopic (exact) mass is 345 g/mol. The lowest BCUT2D eigenvalue weighted by molar-refractivity contribution is -0.118. The Morgan fingerprint density at radius 2 is 2.09 bits per heavy atom. The average Bonchev–Trinajstić information content (AvgIpc) is 2.47. The van der Waals surface area contributed by atoms with E-state index >= 15 is 0 Å². The van der Waals surface area contributed by atoms with Crippen molar-refractivity contribution in [3.05, 3.63) is 29.6 Å². The fraction of sp³-hybridized carbons (Fsp3) is 0.562. The molecule has 1 N–H and O–H groups in total. The van der Waals surface area contributed by atoms with Crippen LogP contribution in [0.1, 0.15) is 32.8 Å². The molecule has 1 rings (SSSR count). The van der Waals surface area contributed by atoms with Gasteiger partial charge in [0.2, 0.25) is 0 Å². The molecule has 0 amide bonds. The van der Waals surface area contributed by atoms with E-state index in [0.29, 0.717) is 37.8 Å². The van der Waals surface area contributed by atoms with Crippen LogP contribution in [0.15, 0.2) is 18.2 Å². The van der Waals surface area contributed by atoms with Crippen LogP contribution in [0.3, 0.4) is 0 Å². The Labute approximate surface area is 141 Å². The highest BCUT2D eigenvalue weighted by Gasteiger charge is 2.12. The van der Waals surface area contributed by atoms with Gasteiger partial charge in [0.1, 0.15) is 24.0 Å². The second kappa shape index (κ2) is 10.1. The molecule has 1 aromatic carbocycles. The number of nitrogens with one attached hydrogen (secondary N) is 1. The zero-order valence-corrected chi connectivity index (χ0v) is 15.0. The van der Waals surface area contributed by atoms with Gasteiger partial charge in [-0.05, 0) is 31.0 Å². The third-order valence-corrected chi connectivity index (χ3v) is 4.65. The van der Waals surface area contributed by atoms with Crippen molar-refractivity contribution >= 4 is 28.2 Å². The maximum absolute atomic E-state index is 13.6. The largest absolute Gasteiger partial charge is 0.492 e. The number of carbonyl (C=O) groups is 1. The molecule has 124 valence electrons. The smallest absolute Gasteiger partial charge is 0.146 e. The fourth-order valence-corrected chi connectivity index (χ4v) is 2.48. The standard InChI is InChI=1S/C16H24FNO2S2/c1-11(2)18-6-7-20-15-9-13(8-14(17)10-15)4-5-16(19)12(3)22-21/h8-12,18,21H,4-7H2,1-3H3. The highest BCUT2D eigenvalue weighted by atomic mass is 33.1. The Balaban J connectivity index is 2.52. The van der Waals surface area contributed by atoms with Crippen LogP contribution in [0, 0.1) is 5.82 Å². The van der Waals surface area contributed by atoms with Gasteiger partial charge < -0.3 is 10.1 Å². The van der Waals surface area contributed by atoms with Crippen molar-refractivity contribution in [2.24, 2.45) is 0 Å². The first-order chi connectivity index (χ1) is 10.4. The lowest BCUT2D eigenvalue weighted by atomic mass is 10.1. The quantitative estimate of drug-likeness (QED) is 0.385. The summed E-state index contributed by atoms with van der Waals surface area (Å²) in [6.07, 6.45) is 0.891. The first-order valence-electron chi connectivity index (χ1n) is 7.41. The molecular weight excluding hydrogens is 321 g/mol. The summed E-state index contributed by atoms with van der Waals surface area (Å²) < 4.78 is 19.2. The van der Waals surface area contributed by atoms with Gasteiger partial charge in [-0.15, -0.1) is 11.7 Å². The van der Waals surface area contributed by atoms with Gasteiger partial charge in [0.25, 0.3) is 0 Å². The topological polar surface area (TPSA) is 38.3 Å². The highest BCUT2D eigenvalue weighted by molar-refractivity contribution is 8.69. The molecule has 0 saturated carbocycles. The van der Waals surface area contributed by atoms with Crippen LogP contribution in [-0.2, 0) is 11.2 Å². The maximum Gasteiger partial charge on any atom is 0.146 e. The Kier molecular flexibility index (Phi) is 8.90. The van der Waals surface area contributed by atoms with Crippen molar-refractivity contribution in [1.29, 1.82) is 0 Å². The Hall–Kier alpha value is -0.720. The minimum Gasteiger partial charge on any atom is -0.492 e. The van der Waals surface area contributed by atoms with Gasteiger partial charge in [0, 0.05) is 25.1 Å². The van der Waals surface area contributed by atoms with Crippen LogP contribution >= 0.6 is 22.5 Å². The van der Waals surface area contributed by atoms with Gasteiger partial charge in [-0.1, -0.05) is 24.6 Å². The van der Waals surface area contributed by atoms with Crippen LogP contribution < -0.4 is 10.1 Å². The van der Waals surface area contributed by atoms with E-state index in [-0.39, 0.29) is 16.9 Å². The number of carbonyl (C=O) groups excluding carboxylic acids is 1. The Morgan fingerprint density at radius 1 is 1.36 bits per heavy atom. The summed E-state index contributed by atoms with van der Waals surface area (Å²) in [5, 5.41) is 3.09. The van der Waals surface area contributed by atoms with Crippen molar-refractivity contribution in [2.45, 2.75) is 44.9 Å². The van der Waals surface area contributed by atoms with E-state index in [0.717, 1.165) is 5.56 Å². The molecule has 6 heteroatoms. The molecule has 3 nitrogen and oxygen atoms in total. The number of ether oxygens (including phenoxy) is 1. The van der Waals surface area contributed by atoms with E-state index in [2.05, 4.69) is 30.8 Å². The summed E-state index contributed by atoms with van der Waals surface area (Å²) in [5.74, 6) is 0.283. The molecule has 0 aliphatic carbocycles. The number of thiol groups is 1. The zero-order chi connectivity index (χ0) is 16.5. The number of benzene rings is 1. The molecule has 0 fully saturated rings. The van der Waals surface area contributed by atoms with E-state index in [9.17, 15) is 9.18 Å². The summed E-state index contributed by atoms with van der Waals surface area (Å²) in [6.45, 7) is 7.12. The minimum atomic E-state index is -0.339. The highest BCUT2D eigenvalue weighted by Crippen LogP contribution is 2.20. The molecular formula is C16H24FNO2S2. The molecule has 0 heterocycles. The first-order valence-corrected chi connectivity index (χ1v) is 9.34. The molecule has 0 aliphatic heterocycles. The van der Waals surface area contributed by atoms with E-state index in [1.807, 2.05) is 6.92 Å². The third-order valence-electron chi connectivity index (χ3n) is 3.13. The summed E-state index contributed by atoms with van der Waals surface area (Å²) in [6, 6.07) is 5.01. The van der Waals surface area contributed by atoms with Crippen LogP contribution in [0.2, 0.25) is 0 Å². The number of Topliss-reactive ketones (excluding diaryl/α,β-unsaturated/α-hetero) is 1. The van der Waals surface area contributed by atoms with Crippen LogP contribution in [0.25, 0.3) is 0 Å². The molecule has 0 aliphatic rings. The summed E-state index contributed by atoms with van der Waals surface area (Å²) in [5.41, 5.74) is 0.775. The van der Waals surface area contributed by atoms with E-state index in [4.69, 9.17) is 4.74 Å². The number of ketones is 1. The second-order valence-electron chi connectivity index (χ2n) is 5.47. The molecule has 1 aromatic rings. The number of halogens is 1. The lowest BCUT2D eigenvalue weighted by Crippen LogP contribution is -2.27. The predicted octanol–water partition coefficient (Wildman–Crippen LogP) is 3.67. The minimum absolute atomic E-state index is 0.118. The Bertz CT molecular complexity index is 483. The lowest BCUT2D eigenvalue weighted by Gasteiger charge is -2.11. The van der Waals surface area contributed by atoms with Gasteiger partial charge >= 0.3 is 0 Å². The van der Waals surface area contributed by atoms with E-state index in [1.165, 1.54) is 22.9 Å². The molecule has 1 atom stereocenters. The third kappa shape index (κ3) is 7.51. The molecule has 0 spiro atoms. The number of hydrogen-bond acceptors (Lipinski definition) is 5. The molecule has 1 unspecified atom stereocenters. The van der Waals surface area contributed by atoms with Crippen molar-refractivity contribution in [3.8, 4) is 5.75 Å². The predicted molar refractivity (Wildman–Crippen MR) is 94.4 cm³/mol. The fourth-order valence-electron chi connectivity index (χ4n) is 1.89. The van der Waals surface area contributed by atoms with Gasteiger partial charge in [0.15, 0.2) is 0 Å². The van der Waals surface area contributed by atoms with Crippen LogP contribution in [0.4, 0.5) is 4.39 Å². The summed E-state index contributed by atoms with van der Waals surface area (Å²) in [4.78, 5) is 11.8. The van der Waals surface area contributed by atoms with Gasteiger partial charge in [0.05, 0.1) is 5.25 Å². The van der Waals surface area contributed by atoms with Crippen molar-refractivity contribution in [2.75, 3.05) is 13.2 Å². The number of aryl methyl sites for hydroxylation is 1. The van der Waals surface area contributed by atoms with Gasteiger partial charge in [-0.25, -0.2) is 4.39 Å². The summed E-state index contributed by atoms with van der Waals surface area (Å²) >= 11 is 4.04. The molecule has 0 bridgehead atoms. The first kappa shape index (κ1) is 19.3. The van der Waals surface area contributed by atoms with Crippen LogP contribution in [0.5, 0.6) is 5.75 Å². The summed E-state index contributed by atoms with van der Waals surface area (Å²) in [7, 11) is 1.23. The average molecular weight is 346 g/mol. The maximum atomic E-state index is 13.6. The number of hydrogen-bond donors (Lipinski definition) is 2. The van der Waals surface area contributed by atoms with Gasteiger partial charge in [-0.3, -0.25) is 4.79 Å². The van der Waals surface area contributed by atoms with Crippen molar-refractivity contribution in [1.82, 2.24) is 5.32 Å². The zero-order valence-electron chi connectivity index (χ0n) is 13.3. The SMILES string of the molecule is CC(C)NCCOc1cc(F)cc(CCC(=O)C(C)SS)c1. The molecule has 22 heavy (non-hydrogen) atoms. The van der Waals surface area contributed by atoms with E-state index in [1.54, 1.807) is 6.07 Å². The molecule has 0 aromatic heterocycles. The second-order valence-corrected chi connectivity index (χ2v) is 7.02. The Morgan fingerprint density at radius 3 is 2.73 bits per heavy atom. The number of rotatable bonds is 10. The van der Waals surface area contributed by atoms with Crippen LogP contribution in [-0.4, -0.2) is 30.2 Å². The molecule has 0 saturated heterocycles.